The van der Waals surface area contributed by atoms with Crippen LogP contribution < -0.4 is 25.2 Å². The van der Waals surface area contributed by atoms with E-state index in [0.717, 1.165) is 16.9 Å². The average molecular weight is 624 g/mol. The van der Waals surface area contributed by atoms with Gasteiger partial charge in [-0.1, -0.05) is 175 Å². The van der Waals surface area contributed by atoms with Crippen LogP contribution in [-0.4, -0.2) is 16.6 Å². The van der Waals surface area contributed by atoms with Gasteiger partial charge in [-0.3, -0.25) is 0 Å². The molecule has 0 heterocycles. The quantitative estimate of drug-likeness (QED) is 0.163. The van der Waals surface area contributed by atoms with Crippen molar-refractivity contribution in [1.82, 2.24) is 0 Å². The van der Waals surface area contributed by atoms with E-state index in [9.17, 15) is 0 Å². The molecule has 1 atom stereocenters. The van der Waals surface area contributed by atoms with Gasteiger partial charge < -0.3 is 8.85 Å². The fourth-order valence-corrected chi connectivity index (χ4v) is 16.1. The highest BCUT2D eigenvalue weighted by Gasteiger charge is 2.54. The molecular formula is C41H43O2Si2. The van der Waals surface area contributed by atoms with Crippen LogP contribution in [0.25, 0.3) is 6.08 Å². The monoisotopic (exact) mass is 623 g/mol. The molecule has 0 spiro atoms. The number of hydrogen-bond acceptors (Lipinski definition) is 2. The van der Waals surface area contributed by atoms with Gasteiger partial charge in [0.05, 0.1) is 6.10 Å². The number of rotatable bonds is 8. The van der Waals surface area contributed by atoms with E-state index in [1.165, 1.54) is 20.7 Å². The zero-order valence-corrected chi connectivity index (χ0v) is 29.3. The Kier molecular flexibility index (Phi) is 8.34. The summed E-state index contributed by atoms with van der Waals surface area (Å²) in [7, 11) is -5.61. The second-order valence-electron chi connectivity index (χ2n) is 14.0. The van der Waals surface area contributed by atoms with Crippen molar-refractivity contribution in [1.29, 1.82) is 0 Å². The van der Waals surface area contributed by atoms with Gasteiger partial charge in [0, 0.05) is 5.56 Å². The molecule has 0 saturated carbocycles. The summed E-state index contributed by atoms with van der Waals surface area (Å²) in [6, 6.07) is 49.8. The summed E-state index contributed by atoms with van der Waals surface area (Å²) in [5.74, 6) is 0.892. The van der Waals surface area contributed by atoms with Crippen LogP contribution in [-0.2, 0) is 4.43 Å². The summed E-state index contributed by atoms with van der Waals surface area (Å²) < 4.78 is 15.1. The molecule has 0 amide bonds. The van der Waals surface area contributed by atoms with E-state index in [4.69, 9.17) is 8.85 Å². The highest BCUT2D eigenvalue weighted by atomic mass is 28.4. The second kappa shape index (κ2) is 12.1. The van der Waals surface area contributed by atoms with E-state index in [-0.39, 0.29) is 16.2 Å². The molecule has 0 aliphatic heterocycles. The van der Waals surface area contributed by atoms with Crippen LogP contribution in [0.5, 0.6) is 5.75 Å². The van der Waals surface area contributed by atoms with Gasteiger partial charge in [-0.2, -0.15) is 0 Å². The summed E-state index contributed by atoms with van der Waals surface area (Å²) in [4.78, 5) is 0. The molecule has 45 heavy (non-hydrogen) atoms. The molecule has 1 radical (unpaired) electrons. The Bertz CT molecular complexity index is 1670. The Morgan fingerprint density at radius 3 is 1.29 bits per heavy atom. The molecule has 1 unspecified atom stereocenters. The third-order valence-electron chi connectivity index (χ3n) is 9.15. The number of hydrogen-bond donors (Lipinski definition) is 0. The van der Waals surface area contributed by atoms with Crippen LogP contribution in [0.3, 0.4) is 0 Å². The van der Waals surface area contributed by atoms with Crippen LogP contribution in [0.4, 0.5) is 0 Å². The summed E-state index contributed by atoms with van der Waals surface area (Å²) >= 11 is 0. The largest absolute Gasteiger partial charge is 0.534 e. The lowest BCUT2D eigenvalue weighted by molar-refractivity contribution is 0.234. The Labute approximate surface area is 271 Å². The molecule has 2 nitrogen and oxygen atoms in total. The van der Waals surface area contributed by atoms with Crippen molar-refractivity contribution in [3.63, 3.8) is 0 Å². The molecule has 227 valence electrons. The standard InChI is InChI=1S/C41H43O2Si2/c1-40(2,3)44(32-20-11-7-12-21-32,33-22-13-8-14-23-33)42-38-29-19-28-36-37(38)30-31-39(36)43-45(41(4,5)6,34-24-15-9-16-25-34)35-26-17-10-18-27-35/h7-30,39H,1-6H3. The lowest BCUT2D eigenvalue weighted by Gasteiger charge is -2.44. The van der Waals surface area contributed by atoms with Crippen molar-refractivity contribution < 1.29 is 8.85 Å². The highest BCUT2D eigenvalue weighted by molar-refractivity contribution is 7.00. The average Bonchev–Trinajstić information content (AvgIpc) is 3.46. The zero-order chi connectivity index (χ0) is 31.7. The predicted octanol–water partition coefficient (Wildman–Crippen LogP) is 8.07. The van der Waals surface area contributed by atoms with E-state index < -0.39 is 16.6 Å². The Hall–Kier alpha value is -3.97. The first-order valence-electron chi connectivity index (χ1n) is 15.9. The Morgan fingerprint density at radius 2 is 0.889 bits per heavy atom. The van der Waals surface area contributed by atoms with Crippen LogP contribution in [0.1, 0.15) is 58.8 Å². The van der Waals surface area contributed by atoms with Gasteiger partial charge in [0.15, 0.2) is 0 Å². The normalized spacial score (nSPS) is 15.1. The van der Waals surface area contributed by atoms with Gasteiger partial charge in [0.25, 0.3) is 8.32 Å². The minimum Gasteiger partial charge on any atom is -0.534 e. The fraction of sp³-hybridized carbons (Fsp3) is 0.220. The van der Waals surface area contributed by atoms with Crippen molar-refractivity contribution in [3.8, 4) is 5.75 Å². The van der Waals surface area contributed by atoms with Gasteiger partial charge in [0.1, 0.15) is 5.75 Å². The summed E-state index contributed by atoms with van der Waals surface area (Å²) in [6.07, 6.45) is 5.45. The molecule has 6 rings (SSSR count). The fourth-order valence-electron chi connectivity index (χ4n) is 7.06. The third kappa shape index (κ3) is 5.46. The third-order valence-corrected chi connectivity index (χ3v) is 19.1. The number of benzene rings is 5. The van der Waals surface area contributed by atoms with Gasteiger partial charge in [-0.15, -0.1) is 0 Å². The van der Waals surface area contributed by atoms with Crippen molar-refractivity contribution >= 4 is 43.5 Å². The van der Waals surface area contributed by atoms with E-state index in [0.29, 0.717) is 0 Å². The van der Waals surface area contributed by atoms with Crippen LogP contribution in [0, 0.1) is 6.08 Å². The zero-order valence-electron chi connectivity index (χ0n) is 27.3. The molecule has 0 aromatic heterocycles. The topological polar surface area (TPSA) is 18.5 Å². The first kappa shape index (κ1) is 31.0. The van der Waals surface area contributed by atoms with E-state index >= 15 is 0 Å². The molecule has 5 aromatic rings. The Balaban J connectivity index is 1.48. The highest BCUT2D eigenvalue weighted by Crippen LogP contribution is 2.45. The predicted molar refractivity (Wildman–Crippen MR) is 194 cm³/mol. The lowest BCUT2D eigenvalue weighted by Crippen LogP contribution is -2.68. The maximum atomic E-state index is 7.54. The molecule has 5 aromatic carbocycles. The first-order valence-corrected chi connectivity index (χ1v) is 19.7. The minimum atomic E-state index is -2.82. The van der Waals surface area contributed by atoms with Crippen LogP contribution >= 0.6 is 0 Å². The lowest BCUT2D eigenvalue weighted by atomic mass is 10.1. The SMILES string of the molecule is CC(C)(C)[Si](Oc1cccc2c1C=[C]C2O[Si](c1ccccc1)(c1ccccc1)C(C)(C)C)(c1ccccc1)c1ccccc1. The van der Waals surface area contributed by atoms with Crippen molar-refractivity contribution in [2.45, 2.75) is 57.7 Å². The van der Waals surface area contributed by atoms with Crippen LogP contribution in [0.2, 0.25) is 10.1 Å². The van der Waals surface area contributed by atoms with E-state index in [2.05, 4.69) is 193 Å². The van der Waals surface area contributed by atoms with E-state index in [1.807, 2.05) is 0 Å². The van der Waals surface area contributed by atoms with Gasteiger partial charge >= 0.3 is 8.32 Å². The first-order chi connectivity index (χ1) is 21.6. The van der Waals surface area contributed by atoms with E-state index in [1.54, 1.807) is 0 Å². The van der Waals surface area contributed by atoms with Gasteiger partial charge in [-0.05, 0) is 54.6 Å². The summed E-state index contributed by atoms with van der Waals surface area (Å²) in [6.45, 7) is 13.9. The minimum absolute atomic E-state index is 0.136. The summed E-state index contributed by atoms with van der Waals surface area (Å²) in [5, 5.41) is 4.76. The molecule has 0 saturated heterocycles. The molecule has 4 heteroatoms. The van der Waals surface area contributed by atoms with Gasteiger partial charge in [-0.25, -0.2) is 0 Å². The molecular weight excluding hydrogens is 581 g/mol. The maximum Gasteiger partial charge on any atom is 0.319 e. The number of fused-ring (bicyclic) bond motifs is 1. The smallest absolute Gasteiger partial charge is 0.319 e. The molecule has 1 aliphatic carbocycles. The molecule has 0 bridgehead atoms. The van der Waals surface area contributed by atoms with Gasteiger partial charge in [0.2, 0.25) is 0 Å². The van der Waals surface area contributed by atoms with Crippen molar-refractivity contribution in [2.24, 2.45) is 0 Å². The molecule has 1 aliphatic rings. The molecule has 0 N–H and O–H groups in total. The summed E-state index contributed by atoms with van der Waals surface area (Å²) in [5.41, 5.74) is 2.17. The van der Waals surface area contributed by atoms with Crippen LogP contribution in [0.15, 0.2) is 140 Å². The van der Waals surface area contributed by atoms with Crippen molar-refractivity contribution in [3.05, 3.63) is 157 Å². The van der Waals surface area contributed by atoms with Crippen molar-refractivity contribution in [2.75, 3.05) is 0 Å². The Morgan fingerprint density at radius 1 is 0.489 bits per heavy atom. The maximum absolute atomic E-state index is 7.54. The molecule has 0 fully saturated rings. The second-order valence-corrected chi connectivity index (χ2v) is 22.5.